The molecule has 0 spiro atoms. The number of rotatable bonds is 4. The lowest BCUT2D eigenvalue weighted by Gasteiger charge is -2.44. The van der Waals surface area contributed by atoms with Crippen LogP contribution in [-0.2, 0) is 14.2 Å². The fraction of sp³-hybridized carbons (Fsp3) is 1.00. The van der Waals surface area contributed by atoms with Gasteiger partial charge in [0.25, 0.3) is 0 Å². The van der Waals surface area contributed by atoms with Gasteiger partial charge in [0.1, 0.15) is 48.8 Å². The van der Waals surface area contributed by atoms with Crippen molar-refractivity contribution in [2.45, 2.75) is 61.4 Å². The Kier molecular flexibility index (Phi) is 6.27. The summed E-state index contributed by atoms with van der Waals surface area (Å²) in [6, 6.07) is 0. The summed E-state index contributed by atoms with van der Waals surface area (Å²) >= 11 is 0. The highest BCUT2D eigenvalue weighted by molar-refractivity contribution is 4.92. The third kappa shape index (κ3) is 3.65. The average molecular weight is 342 g/mol. The van der Waals surface area contributed by atoms with E-state index in [1.165, 1.54) is 0 Å². The Morgan fingerprint density at radius 3 is 1.22 bits per heavy atom. The molecule has 0 bridgehead atoms. The Morgan fingerprint density at radius 1 is 0.565 bits per heavy atom. The fourth-order valence-corrected chi connectivity index (χ4v) is 2.49. The first-order valence-electron chi connectivity index (χ1n) is 7.08. The molecule has 2 saturated heterocycles. The summed E-state index contributed by atoms with van der Waals surface area (Å²) in [6.07, 6.45) is -15.6. The van der Waals surface area contributed by atoms with Crippen molar-refractivity contribution in [3.05, 3.63) is 0 Å². The van der Waals surface area contributed by atoms with Gasteiger partial charge in [-0.3, -0.25) is 0 Å². The molecule has 10 atom stereocenters. The summed E-state index contributed by atoms with van der Waals surface area (Å²) in [5.41, 5.74) is 0. The first kappa shape index (κ1) is 18.9. The summed E-state index contributed by atoms with van der Waals surface area (Å²) in [4.78, 5) is 0. The van der Waals surface area contributed by atoms with Crippen LogP contribution in [0.5, 0.6) is 0 Å². The van der Waals surface area contributed by atoms with Gasteiger partial charge in [-0.25, -0.2) is 0 Å². The SMILES string of the molecule is OC[C@H]1O[C@H](O[C@H]2O[C@H](CO)[C@@H](O)[C@@H](O)[C@@H]2O)[C@H](O)[C@@H](O)[C@@H]1O. The lowest BCUT2D eigenvalue weighted by Crippen LogP contribution is -2.63. The standard InChI is InChI=1S/C12H22O11/c13-1-3-5(15)7(17)9(19)11(21-3)23-12-10(20)8(18)6(16)4(2-14)22-12/h3-20H,1-2H2/t3-,4-,5-,6-,7-,8+,9+,10-,11-,12-/m1/s1. The van der Waals surface area contributed by atoms with E-state index in [0.29, 0.717) is 0 Å². The number of ether oxygens (including phenoxy) is 3. The summed E-state index contributed by atoms with van der Waals surface area (Å²) in [6.45, 7) is -1.33. The molecule has 11 nitrogen and oxygen atoms in total. The van der Waals surface area contributed by atoms with Crippen molar-refractivity contribution in [2.75, 3.05) is 13.2 Å². The zero-order chi connectivity index (χ0) is 17.3. The van der Waals surface area contributed by atoms with Gasteiger partial charge in [0.05, 0.1) is 13.2 Å². The van der Waals surface area contributed by atoms with Gasteiger partial charge in [-0.2, -0.15) is 0 Å². The second kappa shape index (κ2) is 7.63. The Labute approximate surface area is 130 Å². The molecular weight excluding hydrogens is 320 g/mol. The normalized spacial score (nSPS) is 51.7. The lowest BCUT2D eigenvalue weighted by molar-refractivity contribution is -0.376. The van der Waals surface area contributed by atoms with Crippen molar-refractivity contribution < 1.29 is 55.1 Å². The number of hydrogen-bond acceptors (Lipinski definition) is 11. The van der Waals surface area contributed by atoms with Crippen molar-refractivity contribution >= 4 is 0 Å². The summed E-state index contributed by atoms with van der Waals surface area (Å²) in [7, 11) is 0. The second-order valence-corrected chi connectivity index (χ2v) is 5.53. The molecule has 0 amide bonds. The molecule has 0 aromatic rings. The van der Waals surface area contributed by atoms with E-state index in [4.69, 9.17) is 24.4 Å². The second-order valence-electron chi connectivity index (χ2n) is 5.53. The van der Waals surface area contributed by atoms with Crippen LogP contribution in [0.1, 0.15) is 0 Å². The highest BCUT2D eigenvalue weighted by Gasteiger charge is 2.49. The largest absolute Gasteiger partial charge is 0.394 e. The van der Waals surface area contributed by atoms with Crippen LogP contribution in [0.3, 0.4) is 0 Å². The average Bonchev–Trinajstić information content (AvgIpc) is 2.55. The highest BCUT2D eigenvalue weighted by Crippen LogP contribution is 2.27. The van der Waals surface area contributed by atoms with Crippen LogP contribution in [0.15, 0.2) is 0 Å². The van der Waals surface area contributed by atoms with Gasteiger partial charge in [-0.15, -0.1) is 0 Å². The third-order valence-corrected chi connectivity index (χ3v) is 3.97. The summed E-state index contributed by atoms with van der Waals surface area (Å²) < 4.78 is 15.3. The summed E-state index contributed by atoms with van der Waals surface area (Å²) in [5.74, 6) is 0. The molecule has 0 aromatic heterocycles. The van der Waals surface area contributed by atoms with E-state index in [-0.39, 0.29) is 0 Å². The Balaban J connectivity index is 2.07. The van der Waals surface area contributed by atoms with E-state index in [1.807, 2.05) is 0 Å². The Hall–Kier alpha value is -0.440. The van der Waals surface area contributed by atoms with Crippen LogP contribution in [0.2, 0.25) is 0 Å². The van der Waals surface area contributed by atoms with Crippen molar-refractivity contribution in [3.63, 3.8) is 0 Å². The zero-order valence-corrected chi connectivity index (χ0v) is 12.0. The molecule has 0 unspecified atom stereocenters. The van der Waals surface area contributed by atoms with Gasteiger partial charge in [-0.05, 0) is 0 Å². The topological polar surface area (TPSA) is 190 Å². The number of hydrogen-bond donors (Lipinski definition) is 8. The molecule has 8 N–H and O–H groups in total. The van der Waals surface area contributed by atoms with Gasteiger partial charge in [0.2, 0.25) is 0 Å². The maximum atomic E-state index is 9.84. The van der Waals surface area contributed by atoms with Gasteiger partial charge < -0.3 is 55.1 Å². The predicted molar refractivity (Wildman–Crippen MR) is 68.6 cm³/mol. The molecule has 2 aliphatic heterocycles. The van der Waals surface area contributed by atoms with Gasteiger partial charge >= 0.3 is 0 Å². The van der Waals surface area contributed by atoms with Crippen molar-refractivity contribution in [1.29, 1.82) is 0 Å². The highest BCUT2D eigenvalue weighted by atomic mass is 16.8. The van der Waals surface area contributed by atoms with Crippen molar-refractivity contribution in [2.24, 2.45) is 0 Å². The Bertz CT molecular complexity index is 344. The Morgan fingerprint density at radius 2 is 0.913 bits per heavy atom. The first-order chi connectivity index (χ1) is 10.8. The number of aliphatic hydroxyl groups is 8. The molecule has 2 aliphatic rings. The number of aliphatic hydroxyl groups excluding tert-OH is 8. The molecule has 0 radical (unpaired) electrons. The van der Waals surface area contributed by atoms with Crippen LogP contribution in [0.4, 0.5) is 0 Å². The molecule has 2 fully saturated rings. The quantitative estimate of drug-likeness (QED) is 0.243. The van der Waals surface area contributed by atoms with E-state index >= 15 is 0 Å². The minimum Gasteiger partial charge on any atom is -0.394 e. The molecule has 2 rings (SSSR count). The van der Waals surface area contributed by atoms with Crippen molar-refractivity contribution in [3.8, 4) is 0 Å². The minimum absolute atomic E-state index is 0.667. The molecule has 23 heavy (non-hydrogen) atoms. The van der Waals surface area contributed by atoms with Crippen LogP contribution in [-0.4, -0.2) is 115 Å². The van der Waals surface area contributed by atoms with Crippen LogP contribution in [0, 0.1) is 0 Å². The maximum absolute atomic E-state index is 9.84. The van der Waals surface area contributed by atoms with E-state index in [1.54, 1.807) is 0 Å². The molecule has 0 saturated carbocycles. The van der Waals surface area contributed by atoms with Crippen molar-refractivity contribution in [1.82, 2.24) is 0 Å². The van der Waals surface area contributed by atoms with E-state index < -0.39 is 74.6 Å². The van der Waals surface area contributed by atoms with E-state index in [2.05, 4.69) is 0 Å². The van der Waals surface area contributed by atoms with Gasteiger partial charge in [0, 0.05) is 0 Å². The molecule has 136 valence electrons. The molecule has 0 aliphatic carbocycles. The third-order valence-electron chi connectivity index (χ3n) is 3.97. The van der Waals surface area contributed by atoms with Gasteiger partial charge in [0.15, 0.2) is 12.6 Å². The molecule has 11 heteroatoms. The van der Waals surface area contributed by atoms with Crippen LogP contribution >= 0.6 is 0 Å². The molecule has 0 aromatic carbocycles. The predicted octanol–water partition coefficient (Wildman–Crippen LogP) is -5.40. The minimum atomic E-state index is -1.72. The molecule has 2 heterocycles. The van der Waals surface area contributed by atoms with E-state index in [9.17, 15) is 30.6 Å². The monoisotopic (exact) mass is 342 g/mol. The van der Waals surface area contributed by atoms with E-state index in [0.717, 1.165) is 0 Å². The first-order valence-corrected chi connectivity index (χ1v) is 7.08. The maximum Gasteiger partial charge on any atom is 0.189 e. The van der Waals surface area contributed by atoms with Crippen LogP contribution in [0.25, 0.3) is 0 Å². The molecular formula is C12H22O11. The smallest absolute Gasteiger partial charge is 0.189 e. The van der Waals surface area contributed by atoms with Gasteiger partial charge in [-0.1, -0.05) is 0 Å². The zero-order valence-electron chi connectivity index (χ0n) is 12.0. The lowest BCUT2D eigenvalue weighted by atomic mass is 9.98. The fourth-order valence-electron chi connectivity index (χ4n) is 2.49. The summed E-state index contributed by atoms with van der Waals surface area (Å²) in [5, 5.41) is 76.4. The van der Waals surface area contributed by atoms with Crippen LogP contribution < -0.4 is 0 Å².